The van der Waals surface area contributed by atoms with Gasteiger partial charge in [-0.1, -0.05) is 26.0 Å². The predicted molar refractivity (Wildman–Crippen MR) is 58.7 cm³/mol. The SMILES string of the molecule is COc1ccc(C(C)C)cc1.OBO. The van der Waals surface area contributed by atoms with Crippen LogP contribution in [0.25, 0.3) is 0 Å². The number of rotatable bonds is 2. The third-order valence-electron chi connectivity index (χ3n) is 1.78. The molecule has 2 N–H and O–H groups in total. The van der Waals surface area contributed by atoms with E-state index in [0.29, 0.717) is 5.92 Å². The molecule has 0 heterocycles. The Kier molecular flexibility index (Phi) is 6.89. The first-order chi connectivity index (χ1) is 6.65. The molecule has 0 fully saturated rings. The molecule has 4 heteroatoms. The Morgan fingerprint density at radius 3 is 1.86 bits per heavy atom. The molecule has 0 aliphatic rings. The predicted octanol–water partition coefficient (Wildman–Crippen LogP) is 1.06. The van der Waals surface area contributed by atoms with E-state index in [2.05, 4.69) is 26.0 Å². The van der Waals surface area contributed by atoms with Gasteiger partial charge in [0.25, 0.3) is 0 Å². The molecular formula is C10H17BO3. The summed E-state index contributed by atoms with van der Waals surface area (Å²) < 4.78 is 5.05. The van der Waals surface area contributed by atoms with Crippen LogP contribution in [0.2, 0.25) is 0 Å². The zero-order chi connectivity index (χ0) is 11.0. The lowest BCUT2D eigenvalue weighted by atomic mass is 10.0. The lowest BCUT2D eigenvalue weighted by Crippen LogP contribution is -1.87. The Labute approximate surface area is 85.7 Å². The highest BCUT2D eigenvalue weighted by Gasteiger charge is 1.97. The summed E-state index contributed by atoms with van der Waals surface area (Å²) in [4.78, 5) is 0. The topological polar surface area (TPSA) is 49.7 Å². The molecule has 1 aromatic carbocycles. The molecular weight excluding hydrogens is 179 g/mol. The fraction of sp³-hybridized carbons (Fsp3) is 0.400. The van der Waals surface area contributed by atoms with Crippen molar-refractivity contribution in [3.05, 3.63) is 29.8 Å². The third-order valence-corrected chi connectivity index (χ3v) is 1.78. The van der Waals surface area contributed by atoms with E-state index in [9.17, 15) is 0 Å². The van der Waals surface area contributed by atoms with Gasteiger partial charge in [0.15, 0.2) is 0 Å². The number of benzene rings is 1. The molecule has 0 aliphatic carbocycles. The molecule has 14 heavy (non-hydrogen) atoms. The average molecular weight is 196 g/mol. The standard InChI is InChI=1S/C10H14O.BH3O2/c1-8(2)9-4-6-10(11-3)7-5-9;2-1-3/h4-8H,1-3H3;1-3H. The summed E-state index contributed by atoms with van der Waals surface area (Å²) in [6.45, 7) is 4.36. The highest BCUT2D eigenvalue weighted by atomic mass is 16.5. The van der Waals surface area contributed by atoms with Crippen LogP contribution in [0.4, 0.5) is 0 Å². The Hall–Kier alpha value is -0.995. The molecule has 0 aliphatic heterocycles. The average Bonchev–Trinajstić information content (AvgIpc) is 2.19. The van der Waals surface area contributed by atoms with Crippen LogP contribution in [0.1, 0.15) is 25.3 Å². The van der Waals surface area contributed by atoms with Gasteiger partial charge in [0.2, 0.25) is 0 Å². The quantitative estimate of drug-likeness (QED) is 0.695. The van der Waals surface area contributed by atoms with E-state index in [4.69, 9.17) is 14.8 Å². The third kappa shape index (κ3) is 4.89. The lowest BCUT2D eigenvalue weighted by molar-refractivity contribution is 0.414. The number of hydrogen-bond acceptors (Lipinski definition) is 3. The zero-order valence-electron chi connectivity index (χ0n) is 8.90. The van der Waals surface area contributed by atoms with Crippen LogP contribution in [-0.2, 0) is 0 Å². The van der Waals surface area contributed by atoms with Gasteiger partial charge in [-0.05, 0) is 23.6 Å². The number of hydrogen-bond donors (Lipinski definition) is 2. The second-order valence-electron chi connectivity index (χ2n) is 3.07. The molecule has 1 rings (SSSR count). The van der Waals surface area contributed by atoms with Crippen LogP contribution >= 0.6 is 0 Å². The Bertz CT molecular complexity index is 234. The van der Waals surface area contributed by atoms with E-state index in [1.165, 1.54) is 5.56 Å². The maximum Gasteiger partial charge on any atom is 0.432 e. The highest BCUT2D eigenvalue weighted by molar-refractivity contribution is 6.13. The minimum atomic E-state index is -0.750. The number of ether oxygens (including phenoxy) is 1. The van der Waals surface area contributed by atoms with Crippen LogP contribution in [-0.4, -0.2) is 24.8 Å². The molecule has 1 aromatic rings. The summed E-state index contributed by atoms with van der Waals surface area (Å²) in [5.74, 6) is 1.52. The molecule has 0 amide bonds. The van der Waals surface area contributed by atoms with Gasteiger partial charge in [0, 0.05) is 0 Å². The first kappa shape index (κ1) is 13.0. The summed E-state index contributed by atoms with van der Waals surface area (Å²) in [6, 6.07) is 8.19. The molecule has 0 atom stereocenters. The van der Waals surface area contributed by atoms with Crippen molar-refractivity contribution < 1.29 is 14.8 Å². The molecule has 0 unspecified atom stereocenters. The van der Waals surface area contributed by atoms with Crippen LogP contribution in [0, 0.1) is 0 Å². The Morgan fingerprint density at radius 2 is 1.57 bits per heavy atom. The Morgan fingerprint density at radius 1 is 1.14 bits per heavy atom. The first-order valence-corrected chi connectivity index (χ1v) is 4.51. The van der Waals surface area contributed by atoms with E-state index < -0.39 is 7.69 Å². The lowest BCUT2D eigenvalue weighted by Gasteiger charge is -2.05. The molecule has 0 aromatic heterocycles. The maximum atomic E-state index is 7.12. The molecule has 3 nitrogen and oxygen atoms in total. The van der Waals surface area contributed by atoms with Gasteiger partial charge in [-0.3, -0.25) is 0 Å². The van der Waals surface area contributed by atoms with E-state index in [1.54, 1.807) is 7.11 Å². The number of methoxy groups -OCH3 is 1. The van der Waals surface area contributed by atoms with Crippen molar-refractivity contribution in [1.29, 1.82) is 0 Å². The molecule has 0 bridgehead atoms. The van der Waals surface area contributed by atoms with E-state index >= 15 is 0 Å². The van der Waals surface area contributed by atoms with E-state index in [0.717, 1.165) is 5.75 Å². The monoisotopic (exact) mass is 196 g/mol. The maximum absolute atomic E-state index is 7.12. The van der Waals surface area contributed by atoms with Crippen LogP contribution < -0.4 is 4.74 Å². The normalized spacial score (nSPS) is 9.00. The van der Waals surface area contributed by atoms with Crippen molar-refractivity contribution in [2.24, 2.45) is 0 Å². The Balaban J connectivity index is 0.000000500. The van der Waals surface area contributed by atoms with Crippen LogP contribution in [0.3, 0.4) is 0 Å². The summed E-state index contributed by atoms with van der Waals surface area (Å²) in [7, 11) is 0.935. The fourth-order valence-electron chi connectivity index (χ4n) is 0.989. The fourth-order valence-corrected chi connectivity index (χ4v) is 0.989. The van der Waals surface area contributed by atoms with Crippen molar-refractivity contribution in [2.45, 2.75) is 19.8 Å². The van der Waals surface area contributed by atoms with Gasteiger partial charge in [0.05, 0.1) is 7.11 Å². The van der Waals surface area contributed by atoms with E-state index in [1.807, 2.05) is 12.1 Å². The minimum absolute atomic E-state index is 0.598. The van der Waals surface area contributed by atoms with Gasteiger partial charge in [-0.15, -0.1) is 0 Å². The summed E-state index contributed by atoms with van der Waals surface area (Å²) in [5, 5.41) is 14.2. The molecule has 0 saturated heterocycles. The van der Waals surface area contributed by atoms with Crippen LogP contribution in [0.15, 0.2) is 24.3 Å². The second kappa shape index (κ2) is 7.41. The second-order valence-corrected chi connectivity index (χ2v) is 3.07. The van der Waals surface area contributed by atoms with Gasteiger partial charge in [-0.25, -0.2) is 0 Å². The van der Waals surface area contributed by atoms with Crippen LogP contribution in [0.5, 0.6) is 5.75 Å². The van der Waals surface area contributed by atoms with Gasteiger partial charge >= 0.3 is 7.69 Å². The van der Waals surface area contributed by atoms with Gasteiger partial charge in [-0.2, -0.15) is 0 Å². The molecule has 0 saturated carbocycles. The highest BCUT2D eigenvalue weighted by Crippen LogP contribution is 2.17. The summed E-state index contributed by atoms with van der Waals surface area (Å²) in [6.07, 6.45) is 0. The molecule has 0 radical (unpaired) electrons. The van der Waals surface area contributed by atoms with Crippen molar-refractivity contribution in [3.63, 3.8) is 0 Å². The van der Waals surface area contributed by atoms with E-state index in [-0.39, 0.29) is 0 Å². The van der Waals surface area contributed by atoms with Crippen molar-refractivity contribution in [3.8, 4) is 5.75 Å². The largest absolute Gasteiger partial charge is 0.497 e. The zero-order valence-corrected chi connectivity index (χ0v) is 8.90. The molecule has 78 valence electrons. The summed E-state index contributed by atoms with van der Waals surface area (Å²) >= 11 is 0. The molecule has 0 spiro atoms. The van der Waals surface area contributed by atoms with Crippen molar-refractivity contribution in [2.75, 3.05) is 7.11 Å². The van der Waals surface area contributed by atoms with Crippen molar-refractivity contribution >= 4 is 7.69 Å². The van der Waals surface area contributed by atoms with Gasteiger partial charge < -0.3 is 14.8 Å². The smallest absolute Gasteiger partial charge is 0.432 e. The summed E-state index contributed by atoms with van der Waals surface area (Å²) in [5.41, 5.74) is 1.35. The van der Waals surface area contributed by atoms with Crippen molar-refractivity contribution in [1.82, 2.24) is 0 Å². The first-order valence-electron chi connectivity index (χ1n) is 4.51. The minimum Gasteiger partial charge on any atom is -0.497 e. The van der Waals surface area contributed by atoms with Gasteiger partial charge in [0.1, 0.15) is 5.75 Å².